The van der Waals surface area contributed by atoms with Crippen LogP contribution in [0.3, 0.4) is 0 Å². The maximum absolute atomic E-state index is 9.51. The van der Waals surface area contributed by atoms with Crippen LogP contribution in [0.4, 0.5) is 0 Å². The van der Waals surface area contributed by atoms with Crippen molar-refractivity contribution >= 4 is 6.41 Å². The minimum Gasteiger partial charge on any atom is -0.343 e. The Kier molecular flexibility index (Phi) is 2.69. The van der Waals surface area contributed by atoms with E-state index in [9.17, 15) is 4.79 Å². The molecule has 1 N–H and O–H groups in total. The van der Waals surface area contributed by atoms with Gasteiger partial charge in [-0.15, -0.1) is 0 Å². The van der Waals surface area contributed by atoms with Gasteiger partial charge in [0, 0.05) is 0 Å². The fourth-order valence-electron chi connectivity index (χ4n) is 0.139. The number of carbonyl (C=O) groups is 1. The number of nitrogens with zero attached hydrogens (tertiary/aromatic N) is 1. The molecule has 0 radical (unpaired) electrons. The molecule has 0 fully saturated rings. The lowest BCUT2D eigenvalue weighted by Crippen LogP contribution is -2.21. The van der Waals surface area contributed by atoms with E-state index in [1.165, 1.54) is 0 Å². The van der Waals surface area contributed by atoms with Gasteiger partial charge in [-0.05, 0) is 6.92 Å². The molecular weight excluding hydrogens is 94.0 g/mol. The molecular formula is C4H6N2O. The SMILES string of the molecule is CC([13C]#N)[15NH]C=O. The fraction of sp³-hybridized carbons (Fsp3) is 0.500. The van der Waals surface area contributed by atoms with Crippen molar-refractivity contribution in [2.24, 2.45) is 0 Å². The lowest BCUT2D eigenvalue weighted by molar-refractivity contribution is -0.109. The van der Waals surface area contributed by atoms with Gasteiger partial charge in [-0.3, -0.25) is 4.79 Å². The highest BCUT2D eigenvalue weighted by molar-refractivity contribution is 5.47. The third kappa shape index (κ3) is 2.77. The molecule has 0 saturated heterocycles. The Morgan fingerprint density at radius 3 is 2.71 bits per heavy atom. The number of rotatable bonds is 2. The van der Waals surface area contributed by atoms with Gasteiger partial charge in [0.25, 0.3) is 0 Å². The normalized spacial score (nSPS) is 11.4. The van der Waals surface area contributed by atoms with E-state index in [-0.39, 0.29) is 6.04 Å². The first-order valence-corrected chi connectivity index (χ1v) is 1.90. The molecule has 0 aliphatic heterocycles. The minimum atomic E-state index is -0.363. The summed E-state index contributed by atoms with van der Waals surface area (Å²) < 4.78 is 0. The molecule has 1 amide bonds. The molecule has 3 nitrogen and oxygen atoms in total. The summed E-state index contributed by atoms with van der Waals surface area (Å²) in [5, 5.41) is 10.2. The average molecular weight is 100 g/mol. The zero-order valence-corrected chi connectivity index (χ0v) is 4.01. The minimum absolute atomic E-state index is 0.363. The van der Waals surface area contributed by atoms with Crippen LogP contribution in [-0.2, 0) is 4.79 Å². The Labute approximate surface area is 41.9 Å². The van der Waals surface area contributed by atoms with E-state index >= 15 is 0 Å². The van der Waals surface area contributed by atoms with Crippen molar-refractivity contribution < 1.29 is 4.79 Å². The fourth-order valence-corrected chi connectivity index (χ4v) is 0.139. The van der Waals surface area contributed by atoms with E-state index in [0.717, 1.165) is 0 Å². The van der Waals surface area contributed by atoms with Crippen LogP contribution in [0.25, 0.3) is 0 Å². The van der Waals surface area contributed by atoms with Gasteiger partial charge in [0.05, 0.1) is 6.07 Å². The summed E-state index contributed by atoms with van der Waals surface area (Å²) in [6, 6.07) is 1.46. The van der Waals surface area contributed by atoms with E-state index in [0.29, 0.717) is 6.41 Å². The highest BCUT2D eigenvalue weighted by Gasteiger charge is 1.89. The van der Waals surface area contributed by atoms with Crippen LogP contribution < -0.4 is 5.32 Å². The molecule has 0 aliphatic rings. The van der Waals surface area contributed by atoms with E-state index in [4.69, 9.17) is 5.26 Å². The molecule has 0 saturated carbocycles. The molecule has 0 aromatic carbocycles. The summed E-state index contributed by atoms with van der Waals surface area (Å²) in [6.45, 7) is 1.61. The van der Waals surface area contributed by atoms with Gasteiger partial charge in [0.2, 0.25) is 6.41 Å². The first-order chi connectivity index (χ1) is 3.31. The topological polar surface area (TPSA) is 52.9 Å². The number of amides is 1. The number of hydrogen-bond acceptors (Lipinski definition) is 2. The zero-order valence-electron chi connectivity index (χ0n) is 4.01. The second-order valence-electron chi connectivity index (χ2n) is 1.14. The Morgan fingerprint density at radius 1 is 2.00 bits per heavy atom. The Morgan fingerprint density at radius 2 is 2.57 bits per heavy atom. The van der Waals surface area contributed by atoms with Crippen LogP contribution in [0, 0.1) is 11.3 Å². The van der Waals surface area contributed by atoms with Gasteiger partial charge in [-0.25, -0.2) is 0 Å². The van der Waals surface area contributed by atoms with Crippen molar-refractivity contribution in [1.29, 1.82) is 5.26 Å². The number of carbonyl (C=O) groups excluding carboxylic acids is 1. The van der Waals surface area contributed by atoms with E-state index in [1.807, 2.05) is 6.07 Å². The standard InChI is InChI=1S/C4H6N2O/c1-4(2-5)6-3-7/h3-4H,1H3,(H,6,7)/i2+1,6+1. The molecule has 0 aliphatic carbocycles. The predicted octanol–water partition coefficient (Wildman–Crippen LogP) is -0.356. The van der Waals surface area contributed by atoms with Gasteiger partial charge in [-0.2, -0.15) is 5.26 Å². The van der Waals surface area contributed by atoms with Crippen molar-refractivity contribution in [3.8, 4) is 6.07 Å². The van der Waals surface area contributed by atoms with Gasteiger partial charge in [0.1, 0.15) is 6.04 Å². The van der Waals surface area contributed by atoms with Gasteiger partial charge < -0.3 is 5.32 Å². The predicted molar refractivity (Wildman–Crippen MR) is 24.3 cm³/mol. The molecule has 3 heteroatoms. The third-order valence-electron chi connectivity index (χ3n) is 0.512. The summed E-state index contributed by atoms with van der Waals surface area (Å²) >= 11 is 0. The second-order valence-corrected chi connectivity index (χ2v) is 1.14. The van der Waals surface area contributed by atoms with Crippen molar-refractivity contribution in [3.63, 3.8) is 0 Å². The maximum Gasteiger partial charge on any atom is 0.208 e. The average Bonchev–Trinajstić information content (AvgIpc) is 1.68. The zero-order chi connectivity index (χ0) is 5.70. The summed E-state index contributed by atoms with van der Waals surface area (Å²) in [5.41, 5.74) is 0. The second kappa shape index (κ2) is 3.16. The Bertz CT molecular complexity index is 94.4. The summed E-state index contributed by atoms with van der Waals surface area (Å²) in [5.74, 6) is 0. The molecule has 0 heterocycles. The third-order valence-corrected chi connectivity index (χ3v) is 0.512. The number of nitrogens with one attached hydrogen (secondary N) is 1. The quantitative estimate of drug-likeness (QED) is 0.293. The van der Waals surface area contributed by atoms with Gasteiger partial charge in [0.15, 0.2) is 0 Å². The molecule has 0 spiro atoms. The van der Waals surface area contributed by atoms with Crippen molar-refractivity contribution in [2.45, 2.75) is 13.0 Å². The smallest absolute Gasteiger partial charge is 0.208 e. The van der Waals surface area contributed by atoms with Crippen molar-refractivity contribution in [1.82, 2.24) is 5.32 Å². The van der Waals surface area contributed by atoms with Crippen LogP contribution >= 0.6 is 0 Å². The molecule has 1 atom stereocenters. The highest BCUT2D eigenvalue weighted by atomic mass is 16.2. The van der Waals surface area contributed by atoms with Crippen LogP contribution in [0.1, 0.15) is 6.92 Å². The Balaban J connectivity index is 3.21. The first-order valence-electron chi connectivity index (χ1n) is 1.90. The van der Waals surface area contributed by atoms with Gasteiger partial charge >= 0.3 is 0 Å². The molecule has 0 bridgehead atoms. The summed E-state index contributed by atoms with van der Waals surface area (Å²) in [7, 11) is 0. The largest absolute Gasteiger partial charge is 0.343 e. The van der Waals surface area contributed by atoms with Crippen LogP contribution in [0.2, 0.25) is 0 Å². The van der Waals surface area contributed by atoms with Crippen LogP contribution in [-0.4, -0.2) is 12.5 Å². The molecule has 0 rings (SSSR count). The first kappa shape index (κ1) is 5.96. The molecule has 7 heavy (non-hydrogen) atoms. The van der Waals surface area contributed by atoms with Crippen LogP contribution in [0.15, 0.2) is 0 Å². The monoisotopic (exact) mass is 100 g/mol. The highest BCUT2D eigenvalue weighted by Crippen LogP contribution is 1.68. The number of hydrogen-bond donors (Lipinski definition) is 1. The summed E-state index contributed by atoms with van der Waals surface area (Å²) in [4.78, 5) is 9.51. The summed E-state index contributed by atoms with van der Waals surface area (Å²) in [6.07, 6.45) is 0.508. The van der Waals surface area contributed by atoms with Crippen molar-refractivity contribution in [2.75, 3.05) is 0 Å². The van der Waals surface area contributed by atoms with E-state index < -0.39 is 0 Å². The molecule has 38 valence electrons. The van der Waals surface area contributed by atoms with Gasteiger partial charge in [-0.1, -0.05) is 0 Å². The molecule has 0 aromatic rings. The van der Waals surface area contributed by atoms with Crippen molar-refractivity contribution in [3.05, 3.63) is 0 Å². The number of nitriles is 1. The lowest BCUT2D eigenvalue weighted by Gasteiger charge is -1.93. The maximum atomic E-state index is 9.51. The lowest BCUT2D eigenvalue weighted by atomic mass is 10.6. The Hall–Kier alpha value is -1.04. The molecule has 0 aromatic heterocycles. The van der Waals surface area contributed by atoms with Crippen LogP contribution in [0.5, 0.6) is 0 Å². The molecule has 1 unspecified atom stereocenters. The van der Waals surface area contributed by atoms with E-state index in [1.54, 1.807) is 6.92 Å². The van der Waals surface area contributed by atoms with E-state index in [2.05, 4.69) is 5.32 Å².